The molecule has 0 aromatic heterocycles. The molecule has 0 heterocycles. The van der Waals surface area contributed by atoms with Crippen molar-refractivity contribution < 1.29 is 0 Å². The van der Waals surface area contributed by atoms with E-state index in [4.69, 9.17) is 52.1 Å². The first-order valence-electron chi connectivity index (χ1n) is 5.17. The molecular formula is C13H9Cl4N. The highest BCUT2D eigenvalue weighted by molar-refractivity contribution is 6.51. The highest BCUT2D eigenvalue weighted by Gasteiger charge is 2.17. The zero-order valence-corrected chi connectivity index (χ0v) is 12.2. The van der Waals surface area contributed by atoms with Crippen molar-refractivity contribution >= 4 is 46.4 Å². The summed E-state index contributed by atoms with van der Waals surface area (Å²) in [7, 11) is 0. The molecule has 2 N–H and O–H groups in total. The Balaban J connectivity index is 2.75. The maximum atomic E-state index is 6.23. The topological polar surface area (TPSA) is 26.0 Å². The van der Waals surface area contributed by atoms with Crippen LogP contribution >= 0.6 is 46.4 Å². The lowest BCUT2D eigenvalue weighted by atomic mass is 9.99. The van der Waals surface area contributed by atoms with Gasteiger partial charge in [-0.1, -0.05) is 70.7 Å². The Kier molecular flexibility index (Phi) is 4.41. The molecule has 2 rings (SSSR count). The molecule has 1 nitrogen and oxygen atoms in total. The van der Waals surface area contributed by atoms with Crippen molar-refractivity contribution in [2.24, 2.45) is 5.73 Å². The Bertz CT molecular complexity index is 596. The number of nitrogens with two attached hydrogens (primary N) is 1. The minimum Gasteiger partial charge on any atom is -0.326 e. The van der Waals surface area contributed by atoms with E-state index in [0.29, 0.717) is 32.2 Å². The standard InChI is InChI=1S/C13H9Cl4N/c14-9-5-10(15)12(16)13(17)11(9)8-4-2-1-3-7(8)6-18/h1-5H,6,18H2. The van der Waals surface area contributed by atoms with Crippen LogP contribution in [0.15, 0.2) is 30.3 Å². The molecule has 18 heavy (non-hydrogen) atoms. The Morgan fingerprint density at radius 3 is 2.22 bits per heavy atom. The zero-order chi connectivity index (χ0) is 13.3. The van der Waals surface area contributed by atoms with Gasteiger partial charge in [-0.05, 0) is 17.2 Å². The van der Waals surface area contributed by atoms with Gasteiger partial charge in [-0.25, -0.2) is 0 Å². The Labute approximate surface area is 125 Å². The molecule has 2 aromatic carbocycles. The van der Waals surface area contributed by atoms with Crippen molar-refractivity contribution in [3.63, 3.8) is 0 Å². The van der Waals surface area contributed by atoms with Gasteiger partial charge in [-0.15, -0.1) is 0 Å². The fourth-order valence-electron chi connectivity index (χ4n) is 1.76. The van der Waals surface area contributed by atoms with Gasteiger partial charge in [0.1, 0.15) is 0 Å². The minimum atomic E-state index is 0.296. The van der Waals surface area contributed by atoms with E-state index in [-0.39, 0.29) is 0 Å². The summed E-state index contributed by atoms with van der Waals surface area (Å²) in [5.74, 6) is 0. The van der Waals surface area contributed by atoms with Crippen LogP contribution in [-0.4, -0.2) is 0 Å². The second-order valence-electron chi connectivity index (χ2n) is 3.70. The third kappa shape index (κ3) is 2.47. The predicted molar refractivity (Wildman–Crippen MR) is 79.8 cm³/mol. The minimum absolute atomic E-state index is 0.296. The summed E-state index contributed by atoms with van der Waals surface area (Å²) in [6, 6.07) is 9.21. The Hall–Kier alpha value is -0.440. The fraction of sp³-hybridized carbons (Fsp3) is 0.0769. The number of hydrogen-bond acceptors (Lipinski definition) is 1. The van der Waals surface area contributed by atoms with Gasteiger partial charge < -0.3 is 5.73 Å². The second kappa shape index (κ2) is 5.68. The largest absolute Gasteiger partial charge is 0.326 e. The van der Waals surface area contributed by atoms with Gasteiger partial charge >= 0.3 is 0 Å². The maximum Gasteiger partial charge on any atom is 0.0785 e. The van der Waals surface area contributed by atoms with Crippen LogP contribution in [0.4, 0.5) is 0 Å². The smallest absolute Gasteiger partial charge is 0.0785 e. The molecule has 0 unspecified atom stereocenters. The van der Waals surface area contributed by atoms with Gasteiger partial charge in [0.15, 0.2) is 0 Å². The van der Waals surface area contributed by atoms with Crippen LogP contribution in [0.2, 0.25) is 20.1 Å². The number of rotatable bonds is 2. The van der Waals surface area contributed by atoms with Crippen LogP contribution < -0.4 is 5.73 Å². The monoisotopic (exact) mass is 319 g/mol. The van der Waals surface area contributed by atoms with E-state index in [1.54, 1.807) is 6.07 Å². The molecule has 0 aliphatic carbocycles. The molecule has 0 amide bonds. The summed E-state index contributed by atoms with van der Waals surface area (Å²) in [5.41, 5.74) is 8.18. The van der Waals surface area contributed by atoms with Crippen LogP contribution in [0.25, 0.3) is 11.1 Å². The molecule has 0 atom stereocenters. The average Bonchev–Trinajstić information content (AvgIpc) is 2.37. The fourth-order valence-corrected chi connectivity index (χ4v) is 2.87. The molecule has 0 fully saturated rings. The van der Waals surface area contributed by atoms with Gasteiger partial charge in [-0.2, -0.15) is 0 Å². The number of halogens is 4. The molecule has 0 radical (unpaired) electrons. The molecule has 5 heteroatoms. The second-order valence-corrected chi connectivity index (χ2v) is 5.27. The number of benzene rings is 2. The molecular weight excluding hydrogens is 312 g/mol. The molecule has 2 aromatic rings. The summed E-state index contributed by atoms with van der Waals surface area (Å²) >= 11 is 24.4. The van der Waals surface area contributed by atoms with E-state index in [9.17, 15) is 0 Å². The van der Waals surface area contributed by atoms with Crippen molar-refractivity contribution in [2.45, 2.75) is 6.54 Å². The van der Waals surface area contributed by atoms with Gasteiger partial charge in [0, 0.05) is 12.1 Å². The summed E-state index contributed by atoms with van der Waals surface area (Å²) in [6.07, 6.45) is 0. The first-order chi connectivity index (χ1) is 8.56. The van der Waals surface area contributed by atoms with Gasteiger partial charge in [0.2, 0.25) is 0 Å². The summed E-state index contributed by atoms with van der Waals surface area (Å²) in [6.45, 7) is 0.392. The van der Waals surface area contributed by atoms with E-state index < -0.39 is 0 Å². The van der Waals surface area contributed by atoms with Crippen molar-refractivity contribution in [3.05, 3.63) is 56.0 Å². The highest BCUT2D eigenvalue weighted by Crippen LogP contribution is 2.43. The molecule has 0 aliphatic rings. The Morgan fingerprint density at radius 2 is 1.56 bits per heavy atom. The van der Waals surface area contributed by atoms with Crippen LogP contribution in [0.5, 0.6) is 0 Å². The summed E-state index contributed by atoms with van der Waals surface area (Å²) < 4.78 is 0. The lowest BCUT2D eigenvalue weighted by Crippen LogP contribution is -1.99. The molecule has 0 spiro atoms. The van der Waals surface area contributed by atoms with E-state index in [2.05, 4.69) is 0 Å². The van der Waals surface area contributed by atoms with Crippen molar-refractivity contribution in [3.8, 4) is 11.1 Å². The van der Waals surface area contributed by atoms with Crippen molar-refractivity contribution in [1.82, 2.24) is 0 Å². The van der Waals surface area contributed by atoms with E-state index in [1.807, 2.05) is 24.3 Å². The van der Waals surface area contributed by atoms with Gasteiger partial charge in [0.05, 0.1) is 20.1 Å². The molecule has 0 bridgehead atoms. The van der Waals surface area contributed by atoms with Crippen molar-refractivity contribution in [2.75, 3.05) is 0 Å². The normalized spacial score (nSPS) is 10.7. The lowest BCUT2D eigenvalue weighted by molar-refractivity contribution is 1.07. The molecule has 0 saturated heterocycles. The van der Waals surface area contributed by atoms with Crippen molar-refractivity contribution in [1.29, 1.82) is 0 Å². The summed E-state index contributed by atoms with van der Waals surface area (Å²) in [4.78, 5) is 0. The van der Waals surface area contributed by atoms with E-state index in [0.717, 1.165) is 11.1 Å². The molecule has 0 saturated carbocycles. The maximum absolute atomic E-state index is 6.23. The van der Waals surface area contributed by atoms with Gasteiger partial charge in [0.25, 0.3) is 0 Å². The van der Waals surface area contributed by atoms with Crippen LogP contribution in [-0.2, 0) is 6.54 Å². The Morgan fingerprint density at radius 1 is 0.889 bits per heavy atom. The highest BCUT2D eigenvalue weighted by atomic mass is 35.5. The molecule has 94 valence electrons. The van der Waals surface area contributed by atoms with Crippen LogP contribution in [0.1, 0.15) is 5.56 Å². The quantitative estimate of drug-likeness (QED) is 0.579. The van der Waals surface area contributed by atoms with Crippen LogP contribution in [0.3, 0.4) is 0 Å². The zero-order valence-electron chi connectivity index (χ0n) is 9.18. The first kappa shape index (κ1) is 14.0. The van der Waals surface area contributed by atoms with Crippen LogP contribution in [0, 0.1) is 0 Å². The number of hydrogen-bond donors (Lipinski definition) is 1. The third-order valence-corrected chi connectivity index (χ3v) is 4.18. The van der Waals surface area contributed by atoms with Gasteiger partial charge in [-0.3, -0.25) is 0 Å². The average molecular weight is 321 g/mol. The summed E-state index contributed by atoms with van der Waals surface area (Å²) in [5, 5.41) is 1.43. The van der Waals surface area contributed by atoms with E-state index in [1.165, 1.54) is 0 Å². The lowest BCUT2D eigenvalue weighted by Gasteiger charge is -2.13. The molecule has 0 aliphatic heterocycles. The first-order valence-corrected chi connectivity index (χ1v) is 6.68. The SMILES string of the molecule is NCc1ccccc1-c1c(Cl)cc(Cl)c(Cl)c1Cl. The predicted octanol–water partition coefficient (Wildman–Crippen LogP) is 5.43. The van der Waals surface area contributed by atoms with E-state index >= 15 is 0 Å². The third-order valence-electron chi connectivity index (χ3n) is 2.62.